The number of aromatic hydroxyl groups is 1. The Morgan fingerprint density at radius 1 is 1.03 bits per heavy atom. The van der Waals surface area contributed by atoms with Gasteiger partial charge >= 0.3 is 0 Å². The SMILES string of the molecule is CC.CCC(Oc1ccc(C(C)(C)CC)cc1C(C)(C)CC)C(=O)Nc1cc(Cl)c(C)c(Cl)c1O. The number of ether oxygens (including phenoxy) is 1. The molecule has 0 bridgehead atoms. The number of nitrogens with one attached hydrogen (secondary N) is 1. The van der Waals surface area contributed by atoms with E-state index in [0.717, 1.165) is 18.4 Å². The number of anilines is 1. The highest BCUT2D eigenvalue weighted by atomic mass is 35.5. The smallest absolute Gasteiger partial charge is 0.265 e. The Morgan fingerprint density at radius 3 is 2.11 bits per heavy atom. The van der Waals surface area contributed by atoms with E-state index in [4.69, 9.17) is 27.9 Å². The molecule has 2 rings (SSSR count). The molecule has 0 spiro atoms. The second-order valence-corrected chi connectivity index (χ2v) is 10.7. The van der Waals surface area contributed by atoms with E-state index in [2.05, 4.69) is 59.0 Å². The van der Waals surface area contributed by atoms with Crippen LogP contribution in [0.5, 0.6) is 11.5 Å². The second-order valence-electron chi connectivity index (χ2n) is 9.88. The molecular weight excluding hydrogens is 481 g/mol. The van der Waals surface area contributed by atoms with Crippen LogP contribution in [0.1, 0.15) is 98.3 Å². The van der Waals surface area contributed by atoms with Crippen molar-refractivity contribution < 1.29 is 14.6 Å². The number of halogens is 2. The van der Waals surface area contributed by atoms with E-state index in [1.165, 1.54) is 11.6 Å². The van der Waals surface area contributed by atoms with Crippen LogP contribution < -0.4 is 10.1 Å². The summed E-state index contributed by atoms with van der Waals surface area (Å²) in [5.74, 6) is 0.117. The van der Waals surface area contributed by atoms with Crippen LogP contribution >= 0.6 is 23.2 Å². The molecule has 1 amide bonds. The van der Waals surface area contributed by atoms with Gasteiger partial charge in [-0.3, -0.25) is 4.79 Å². The van der Waals surface area contributed by atoms with Crippen LogP contribution in [0.2, 0.25) is 10.0 Å². The Hall–Kier alpha value is -1.91. The Balaban J connectivity index is 0.00000298. The molecule has 0 radical (unpaired) electrons. The van der Waals surface area contributed by atoms with E-state index >= 15 is 0 Å². The van der Waals surface area contributed by atoms with Crippen molar-refractivity contribution in [3.8, 4) is 11.5 Å². The lowest BCUT2D eigenvalue weighted by atomic mass is 9.76. The van der Waals surface area contributed by atoms with Gasteiger partial charge in [-0.05, 0) is 60.3 Å². The van der Waals surface area contributed by atoms with Crippen molar-refractivity contribution in [1.82, 2.24) is 0 Å². The third-order valence-electron chi connectivity index (χ3n) is 6.87. The van der Waals surface area contributed by atoms with Gasteiger partial charge in [-0.2, -0.15) is 0 Å². The Bertz CT molecular complexity index is 1020. The normalized spacial score (nSPS) is 12.5. The largest absolute Gasteiger partial charge is 0.504 e. The molecule has 0 heterocycles. The van der Waals surface area contributed by atoms with E-state index in [1.54, 1.807) is 6.92 Å². The zero-order valence-electron chi connectivity index (χ0n) is 23.0. The first kappa shape index (κ1) is 31.1. The number of amides is 1. The van der Waals surface area contributed by atoms with Crippen molar-refractivity contribution in [2.24, 2.45) is 0 Å². The van der Waals surface area contributed by atoms with Crippen LogP contribution in [0.4, 0.5) is 5.69 Å². The molecule has 196 valence electrons. The predicted molar refractivity (Wildman–Crippen MR) is 151 cm³/mol. The van der Waals surface area contributed by atoms with Crippen LogP contribution in [-0.4, -0.2) is 17.1 Å². The van der Waals surface area contributed by atoms with Gasteiger partial charge in [0.25, 0.3) is 5.91 Å². The average molecular weight is 525 g/mol. The van der Waals surface area contributed by atoms with E-state index in [-0.39, 0.29) is 33.2 Å². The van der Waals surface area contributed by atoms with Crippen LogP contribution in [-0.2, 0) is 15.6 Å². The van der Waals surface area contributed by atoms with Crippen molar-refractivity contribution in [2.45, 2.75) is 105 Å². The summed E-state index contributed by atoms with van der Waals surface area (Å²) in [5, 5.41) is 13.6. The summed E-state index contributed by atoms with van der Waals surface area (Å²) >= 11 is 12.3. The number of hydrogen-bond donors (Lipinski definition) is 2. The predicted octanol–water partition coefficient (Wildman–Crippen LogP) is 9.20. The minimum atomic E-state index is -0.750. The van der Waals surface area contributed by atoms with Gasteiger partial charge in [-0.15, -0.1) is 0 Å². The fourth-order valence-corrected chi connectivity index (χ4v) is 3.92. The van der Waals surface area contributed by atoms with Gasteiger partial charge < -0.3 is 15.2 Å². The standard InChI is InChI=1S/C27H37Cl2NO3.C2H6/c1-9-21(25(32)30-20-15-19(28)16(4)23(29)24(20)31)33-22-13-12-17(26(5,6)10-2)14-18(22)27(7,8)11-3;1-2/h12-15,21,31H,9-11H2,1-8H3,(H,30,32);1-2H3. The molecule has 2 N–H and O–H groups in total. The molecule has 0 saturated carbocycles. The highest BCUT2D eigenvalue weighted by molar-refractivity contribution is 6.37. The van der Waals surface area contributed by atoms with Crippen molar-refractivity contribution >= 4 is 34.8 Å². The van der Waals surface area contributed by atoms with Gasteiger partial charge in [0.1, 0.15) is 5.75 Å². The van der Waals surface area contributed by atoms with Crippen LogP contribution in [0.3, 0.4) is 0 Å². The molecule has 0 saturated heterocycles. The van der Waals surface area contributed by atoms with Crippen molar-refractivity contribution in [1.29, 1.82) is 0 Å². The van der Waals surface area contributed by atoms with Crippen LogP contribution in [0.25, 0.3) is 0 Å². The molecule has 0 aromatic heterocycles. The summed E-state index contributed by atoms with van der Waals surface area (Å²) in [4.78, 5) is 13.1. The molecule has 4 nitrogen and oxygen atoms in total. The van der Waals surface area contributed by atoms with Gasteiger partial charge in [0.05, 0.1) is 10.7 Å². The fourth-order valence-electron chi connectivity index (χ4n) is 3.47. The molecule has 0 aliphatic heterocycles. The molecule has 0 fully saturated rings. The number of carbonyl (C=O) groups is 1. The minimum Gasteiger partial charge on any atom is -0.504 e. The number of phenolic OH excluding ortho intramolecular Hbond substituents is 1. The number of carbonyl (C=O) groups excluding carboxylic acids is 1. The van der Waals surface area contributed by atoms with E-state index in [0.29, 0.717) is 22.8 Å². The second kappa shape index (κ2) is 12.9. The third kappa shape index (κ3) is 7.30. The van der Waals surface area contributed by atoms with Gasteiger partial charge in [-0.25, -0.2) is 0 Å². The topological polar surface area (TPSA) is 58.6 Å². The first-order valence-electron chi connectivity index (χ1n) is 12.6. The number of rotatable bonds is 9. The van der Waals surface area contributed by atoms with E-state index in [1.807, 2.05) is 26.8 Å². The minimum absolute atomic E-state index is 0.0418. The monoisotopic (exact) mass is 523 g/mol. The van der Waals surface area contributed by atoms with Crippen LogP contribution in [0, 0.1) is 6.92 Å². The van der Waals surface area contributed by atoms with Crippen molar-refractivity contribution in [3.63, 3.8) is 0 Å². The Morgan fingerprint density at radius 2 is 1.60 bits per heavy atom. The summed E-state index contributed by atoms with van der Waals surface area (Å²) in [7, 11) is 0. The van der Waals surface area contributed by atoms with E-state index in [9.17, 15) is 9.90 Å². The molecule has 0 aliphatic rings. The van der Waals surface area contributed by atoms with Gasteiger partial charge in [0.2, 0.25) is 0 Å². The maximum atomic E-state index is 13.1. The number of phenols is 1. The molecular formula is C29H43Cl2NO3. The van der Waals surface area contributed by atoms with Gasteiger partial charge in [0, 0.05) is 10.6 Å². The molecule has 2 aromatic rings. The van der Waals surface area contributed by atoms with E-state index < -0.39 is 6.10 Å². The number of benzene rings is 2. The summed E-state index contributed by atoms with van der Waals surface area (Å²) < 4.78 is 6.28. The zero-order valence-corrected chi connectivity index (χ0v) is 24.5. The average Bonchev–Trinajstić information content (AvgIpc) is 2.85. The molecule has 2 aromatic carbocycles. The lowest BCUT2D eigenvalue weighted by molar-refractivity contribution is -0.122. The Labute approximate surface area is 222 Å². The van der Waals surface area contributed by atoms with Gasteiger partial charge in [-0.1, -0.05) is 97.6 Å². The first-order chi connectivity index (χ1) is 16.3. The Kier molecular flexibility index (Phi) is 11.4. The van der Waals surface area contributed by atoms with Gasteiger partial charge in [0.15, 0.2) is 11.9 Å². The summed E-state index contributed by atoms with van der Waals surface area (Å²) in [5.41, 5.74) is 2.97. The summed E-state index contributed by atoms with van der Waals surface area (Å²) in [6.45, 7) is 20.8. The molecule has 35 heavy (non-hydrogen) atoms. The lowest BCUT2D eigenvalue weighted by Crippen LogP contribution is -2.33. The lowest BCUT2D eigenvalue weighted by Gasteiger charge is -2.31. The highest BCUT2D eigenvalue weighted by Crippen LogP contribution is 2.40. The molecule has 6 heteroatoms. The zero-order chi connectivity index (χ0) is 27.1. The van der Waals surface area contributed by atoms with Crippen LogP contribution in [0.15, 0.2) is 24.3 Å². The highest BCUT2D eigenvalue weighted by Gasteiger charge is 2.29. The summed E-state index contributed by atoms with van der Waals surface area (Å²) in [6.07, 6.45) is 1.65. The summed E-state index contributed by atoms with van der Waals surface area (Å²) in [6, 6.07) is 7.78. The number of hydrogen-bond acceptors (Lipinski definition) is 3. The van der Waals surface area contributed by atoms with Crippen molar-refractivity contribution in [2.75, 3.05) is 5.32 Å². The third-order valence-corrected chi connectivity index (χ3v) is 7.72. The molecule has 1 atom stereocenters. The maximum absolute atomic E-state index is 13.1. The first-order valence-corrected chi connectivity index (χ1v) is 13.3. The van der Waals surface area contributed by atoms with Crippen molar-refractivity contribution in [3.05, 3.63) is 51.0 Å². The fraction of sp³-hybridized carbons (Fsp3) is 0.552. The molecule has 1 unspecified atom stereocenters. The maximum Gasteiger partial charge on any atom is 0.265 e. The molecule has 0 aliphatic carbocycles. The quantitative estimate of drug-likeness (QED) is 0.322.